The zero-order chi connectivity index (χ0) is 22.6. The van der Waals surface area contributed by atoms with Crippen molar-refractivity contribution in [2.24, 2.45) is 29.6 Å². The van der Waals surface area contributed by atoms with E-state index < -0.39 is 11.2 Å². The van der Waals surface area contributed by atoms with Crippen LogP contribution in [-0.2, 0) is 23.2 Å². The maximum absolute atomic E-state index is 10.2. The fraction of sp³-hybridized carbons (Fsp3) is 0.552. The van der Waals surface area contributed by atoms with Gasteiger partial charge >= 0.3 is 0 Å². The van der Waals surface area contributed by atoms with E-state index in [9.17, 15) is 5.26 Å². The van der Waals surface area contributed by atoms with Gasteiger partial charge in [-0.15, -0.1) is 0 Å². The Bertz CT molecular complexity index is 1190. The average Bonchev–Trinajstić information content (AvgIpc) is 3.23. The molecule has 2 aromatic rings. The largest absolute Gasteiger partial charge is 0.485 e. The number of hydrogen-bond donors (Lipinski definition) is 0. The highest BCUT2D eigenvalue weighted by Crippen LogP contribution is 2.83. The van der Waals surface area contributed by atoms with Gasteiger partial charge in [-0.3, -0.25) is 0 Å². The van der Waals surface area contributed by atoms with Crippen molar-refractivity contribution in [3.8, 4) is 17.6 Å². The van der Waals surface area contributed by atoms with Crippen LogP contribution in [0.5, 0.6) is 11.5 Å². The highest BCUT2D eigenvalue weighted by atomic mass is 16.6. The molecule has 8 atom stereocenters. The maximum atomic E-state index is 10.2. The number of rotatable bonds is 4. The van der Waals surface area contributed by atoms with Gasteiger partial charge in [0.05, 0.1) is 12.0 Å². The van der Waals surface area contributed by atoms with Crippen molar-refractivity contribution in [1.29, 1.82) is 5.26 Å². The molecule has 1 aliphatic heterocycles. The van der Waals surface area contributed by atoms with Crippen LogP contribution in [0, 0.1) is 40.9 Å². The smallest absolute Gasteiger partial charge is 0.166 e. The van der Waals surface area contributed by atoms with Gasteiger partial charge in [0.15, 0.2) is 17.1 Å². The van der Waals surface area contributed by atoms with E-state index in [1.54, 1.807) is 7.11 Å². The topological polar surface area (TPSA) is 51.5 Å². The van der Waals surface area contributed by atoms with Crippen molar-refractivity contribution in [2.45, 2.75) is 62.8 Å². The van der Waals surface area contributed by atoms with E-state index in [1.807, 2.05) is 18.2 Å². The molecule has 2 aromatic carbocycles. The molecule has 4 nitrogen and oxygen atoms in total. The molecule has 33 heavy (non-hydrogen) atoms. The van der Waals surface area contributed by atoms with Crippen molar-refractivity contribution in [3.63, 3.8) is 0 Å². The van der Waals surface area contributed by atoms with Crippen LogP contribution < -0.4 is 9.47 Å². The molecule has 7 rings (SSSR count). The number of hydrogen-bond acceptors (Lipinski definition) is 4. The average molecular weight is 442 g/mol. The summed E-state index contributed by atoms with van der Waals surface area (Å²) in [4.78, 5) is 0. The molecule has 2 bridgehead atoms. The fourth-order valence-corrected chi connectivity index (χ4v) is 9.15. The van der Waals surface area contributed by atoms with Crippen molar-refractivity contribution >= 4 is 0 Å². The Hall–Kier alpha value is -2.51. The zero-order valence-electron chi connectivity index (χ0n) is 19.6. The van der Waals surface area contributed by atoms with E-state index in [0.29, 0.717) is 24.4 Å². The summed E-state index contributed by atoms with van der Waals surface area (Å²) in [6.07, 6.45) is 4.33. The second kappa shape index (κ2) is 6.33. The highest BCUT2D eigenvalue weighted by Gasteiger charge is 2.94. The van der Waals surface area contributed by atoms with E-state index in [0.717, 1.165) is 36.3 Å². The Morgan fingerprint density at radius 3 is 2.73 bits per heavy atom. The van der Waals surface area contributed by atoms with Gasteiger partial charge in [-0.1, -0.05) is 50.2 Å². The number of methoxy groups -OCH3 is 1. The van der Waals surface area contributed by atoms with Crippen LogP contribution in [0.2, 0.25) is 0 Å². The van der Waals surface area contributed by atoms with Gasteiger partial charge in [0, 0.05) is 24.0 Å². The van der Waals surface area contributed by atoms with Gasteiger partial charge in [-0.25, -0.2) is 0 Å². The molecule has 3 fully saturated rings. The molecule has 170 valence electrons. The Labute approximate surface area is 195 Å². The lowest BCUT2D eigenvalue weighted by Gasteiger charge is -2.58. The quantitative estimate of drug-likeness (QED) is 0.635. The molecule has 0 aromatic heterocycles. The van der Waals surface area contributed by atoms with Gasteiger partial charge in [-0.2, -0.15) is 5.26 Å². The Morgan fingerprint density at radius 1 is 1.15 bits per heavy atom. The second-order valence-corrected chi connectivity index (χ2v) is 11.1. The summed E-state index contributed by atoms with van der Waals surface area (Å²) in [5.74, 6) is 3.57. The van der Waals surface area contributed by atoms with Gasteiger partial charge in [-0.05, 0) is 60.6 Å². The van der Waals surface area contributed by atoms with Crippen molar-refractivity contribution in [1.82, 2.24) is 0 Å². The first-order valence-corrected chi connectivity index (χ1v) is 12.5. The summed E-state index contributed by atoms with van der Waals surface area (Å²) in [5, 5.41) is 10.2. The summed E-state index contributed by atoms with van der Waals surface area (Å²) < 4.78 is 19.8. The Morgan fingerprint density at radius 2 is 1.97 bits per heavy atom. The molecule has 0 amide bonds. The van der Waals surface area contributed by atoms with Crippen molar-refractivity contribution < 1.29 is 14.2 Å². The Kier molecular flexibility index (Phi) is 3.82. The SMILES string of the molecule is CO[C@@]12C(C)[C@@]13Oc1c(OCc4ccccc4)ccc4c1[C@@]31CCC(C)[C@H](C4)C1C[C@@H]2C#N. The second-order valence-electron chi connectivity index (χ2n) is 11.1. The molecule has 0 radical (unpaired) electrons. The van der Waals surface area contributed by atoms with Crippen LogP contribution in [0.1, 0.15) is 49.8 Å². The highest BCUT2D eigenvalue weighted by molar-refractivity contribution is 5.67. The molecular formula is C29H31NO3. The first-order chi connectivity index (χ1) is 16.0. The molecule has 3 saturated carbocycles. The van der Waals surface area contributed by atoms with E-state index in [-0.39, 0.29) is 17.3 Å². The van der Waals surface area contributed by atoms with E-state index in [4.69, 9.17) is 14.2 Å². The van der Waals surface area contributed by atoms with Crippen molar-refractivity contribution in [2.75, 3.05) is 7.11 Å². The lowest BCUT2D eigenvalue weighted by Crippen LogP contribution is -2.64. The number of benzene rings is 2. The molecule has 5 aliphatic rings. The predicted octanol–water partition coefficient (Wildman–Crippen LogP) is 5.43. The molecule has 3 unspecified atom stereocenters. The summed E-state index contributed by atoms with van der Waals surface area (Å²) in [6.45, 7) is 5.19. The van der Waals surface area contributed by atoms with E-state index in [2.05, 4.69) is 44.2 Å². The molecule has 1 heterocycles. The third-order valence-corrected chi connectivity index (χ3v) is 10.4. The minimum Gasteiger partial charge on any atom is -0.485 e. The first-order valence-electron chi connectivity index (χ1n) is 12.5. The lowest BCUT2D eigenvalue weighted by atomic mass is 9.44. The van der Waals surface area contributed by atoms with Crippen LogP contribution in [0.15, 0.2) is 42.5 Å². The van der Waals surface area contributed by atoms with Gasteiger partial charge in [0.1, 0.15) is 12.2 Å². The van der Waals surface area contributed by atoms with Crippen LogP contribution in [0.4, 0.5) is 0 Å². The van der Waals surface area contributed by atoms with E-state index >= 15 is 0 Å². The number of ether oxygens (including phenoxy) is 3. The Balaban J connectivity index is 1.41. The van der Waals surface area contributed by atoms with Gasteiger partial charge in [0.2, 0.25) is 0 Å². The molecule has 4 heteroatoms. The maximum Gasteiger partial charge on any atom is 0.166 e. The minimum absolute atomic E-state index is 0.0675. The summed E-state index contributed by atoms with van der Waals surface area (Å²) in [5.41, 5.74) is 2.91. The van der Waals surface area contributed by atoms with Crippen LogP contribution in [-0.4, -0.2) is 18.3 Å². The monoisotopic (exact) mass is 441 g/mol. The van der Waals surface area contributed by atoms with Crippen molar-refractivity contribution in [3.05, 3.63) is 59.2 Å². The molecule has 0 saturated heterocycles. The minimum atomic E-state index is -0.534. The lowest BCUT2D eigenvalue weighted by molar-refractivity contribution is -0.126. The summed E-state index contributed by atoms with van der Waals surface area (Å²) >= 11 is 0. The molecule has 4 aliphatic carbocycles. The molecular weight excluding hydrogens is 410 g/mol. The molecule has 2 spiro atoms. The van der Waals surface area contributed by atoms with Gasteiger partial charge < -0.3 is 14.2 Å². The third-order valence-electron chi connectivity index (χ3n) is 10.4. The normalized spacial score (nSPS) is 43.0. The number of nitriles is 1. The third kappa shape index (κ3) is 2.00. The van der Waals surface area contributed by atoms with Crippen LogP contribution in [0.3, 0.4) is 0 Å². The predicted molar refractivity (Wildman–Crippen MR) is 124 cm³/mol. The zero-order valence-corrected chi connectivity index (χ0v) is 19.6. The van der Waals surface area contributed by atoms with Gasteiger partial charge in [0.25, 0.3) is 0 Å². The number of nitrogens with zero attached hydrogens (tertiary/aromatic N) is 1. The van der Waals surface area contributed by atoms with Crippen LogP contribution in [0.25, 0.3) is 0 Å². The first kappa shape index (κ1) is 19.9. The standard InChI is InChI=1S/C29H31NO3/c1-17-11-12-27-23-14-21(15-30)28(31-3)18(2)29(27,28)33-26-24(32-16-19-7-5-4-6-8-19)10-9-20(25(26)27)13-22(17)23/h4-10,17-18,21-23H,11-14,16H2,1-3H3/t17?,18?,21-,22+,23?,27+,28-,29+/m1/s1. The fourth-order valence-electron chi connectivity index (χ4n) is 9.15. The van der Waals surface area contributed by atoms with Crippen LogP contribution >= 0.6 is 0 Å². The van der Waals surface area contributed by atoms with E-state index in [1.165, 1.54) is 17.5 Å². The summed E-state index contributed by atoms with van der Waals surface area (Å²) in [7, 11) is 1.79. The summed E-state index contributed by atoms with van der Waals surface area (Å²) in [6, 6.07) is 17.4. The molecule has 0 N–H and O–H groups in total.